The number of amides is 1. The molecule has 1 amide bonds. The number of nitrogens with one attached hydrogen (secondary N) is 1. The molecule has 0 bridgehead atoms. The number of fused-ring (bicyclic) bond motifs is 1. The van der Waals surface area contributed by atoms with Gasteiger partial charge in [-0.05, 0) is 36.7 Å². The molecular weight excluding hydrogens is 440 g/mol. The third-order valence-corrected chi connectivity index (χ3v) is 7.68. The summed E-state index contributed by atoms with van der Waals surface area (Å²) in [5, 5.41) is 11.6. The van der Waals surface area contributed by atoms with Crippen molar-refractivity contribution in [2.75, 3.05) is 38.1 Å². The van der Waals surface area contributed by atoms with Gasteiger partial charge in [0, 0.05) is 32.2 Å². The summed E-state index contributed by atoms with van der Waals surface area (Å²) in [5.74, 6) is -0.0195. The molecule has 0 aliphatic carbocycles. The van der Waals surface area contributed by atoms with Crippen molar-refractivity contribution in [3.63, 3.8) is 0 Å². The number of hydrogen-bond acceptors (Lipinski definition) is 6. The molecule has 1 N–H and O–H groups in total. The molecule has 8 nitrogen and oxygen atoms in total. The number of hydrogen-bond donors (Lipinski definition) is 1. The molecule has 2 aliphatic rings. The summed E-state index contributed by atoms with van der Waals surface area (Å²) in [4.78, 5) is 13.6. The summed E-state index contributed by atoms with van der Waals surface area (Å²) in [5.41, 5.74) is 2.05. The van der Waals surface area contributed by atoms with E-state index in [1.807, 2.05) is 12.1 Å². The second-order valence-electron chi connectivity index (χ2n) is 7.46. The minimum absolute atomic E-state index is 0.0235. The molecule has 0 saturated carbocycles. The Bertz CT molecular complexity index is 1150. The quantitative estimate of drug-likeness (QED) is 0.751. The van der Waals surface area contributed by atoms with Crippen LogP contribution in [0.4, 0.5) is 5.69 Å². The maximum Gasteiger partial charge on any atom is 0.262 e. The van der Waals surface area contributed by atoms with Crippen molar-refractivity contribution in [2.24, 2.45) is 0 Å². The lowest BCUT2D eigenvalue weighted by molar-refractivity contribution is -0.118. The van der Waals surface area contributed by atoms with Gasteiger partial charge in [0.15, 0.2) is 6.61 Å². The number of halogens is 1. The molecule has 0 radical (unpaired) electrons. The summed E-state index contributed by atoms with van der Waals surface area (Å²) < 4.78 is 33.4. The van der Waals surface area contributed by atoms with E-state index in [-0.39, 0.29) is 22.4 Å². The monoisotopic (exact) mass is 460 g/mol. The summed E-state index contributed by atoms with van der Waals surface area (Å²) in [6.45, 7) is 2.59. The molecule has 2 aromatic rings. The molecular formula is C21H21ClN4O4S. The van der Waals surface area contributed by atoms with E-state index < -0.39 is 10.0 Å². The maximum absolute atomic E-state index is 13.3. The first-order valence-corrected chi connectivity index (χ1v) is 11.7. The zero-order valence-electron chi connectivity index (χ0n) is 16.7. The molecule has 0 unspecified atom stereocenters. The van der Waals surface area contributed by atoms with Crippen LogP contribution in [0.1, 0.15) is 17.5 Å². The Labute approximate surface area is 186 Å². The van der Waals surface area contributed by atoms with Crippen LogP contribution in [0.3, 0.4) is 0 Å². The van der Waals surface area contributed by atoms with Crippen LogP contribution in [0.2, 0.25) is 5.02 Å². The van der Waals surface area contributed by atoms with E-state index in [1.165, 1.54) is 16.4 Å². The van der Waals surface area contributed by atoms with E-state index in [0.717, 1.165) is 12.1 Å². The number of nitrogens with zero attached hydrogens (tertiary/aromatic N) is 3. The Morgan fingerprint density at radius 1 is 1.13 bits per heavy atom. The first-order valence-electron chi connectivity index (χ1n) is 9.84. The van der Waals surface area contributed by atoms with Crippen molar-refractivity contribution in [3.05, 3.63) is 52.5 Å². The molecule has 1 saturated heterocycles. The average molecular weight is 461 g/mol. The molecule has 162 valence electrons. The van der Waals surface area contributed by atoms with E-state index in [9.17, 15) is 13.2 Å². The molecule has 10 heteroatoms. The first kappa shape index (κ1) is 21.6. The van der Waals surface area contributed by atoms with Gasteiger partial charge in [-0.2, -0.15) is 9.57 Å². The Balaban J connectivity index is 1.48. The van der Waals surface area contributed by atoms with Crippen LogP contribution in [-0.4, -0.2) is 56.3 Å². The Hall–Kier alpha value is -2.64. The zero-order chi connectivity index (χ0) is 22.0. The Kier molecular flexibility index (Phi) is 6.16. The normalized spacial score (nSPS) is 17.7. The van der Waals surface area contributed by atoms with E-state index in [1.54, 1.807) is 12.1 Å². The fourth-order valence-electron chi connectivity index (χ4n) is 3.71. The lowest BCUT2D eigenvalue weighted by Gasteiger charge is -2.24. The maximum atomic E-state index is 13.3. The highest BCUT2D eigenvalue weighted by Gasteiger charge is 2.31. The van der Waals surface area contributed by atoms with Crippen LogP contribution in [0, 0.1) is 11.3 Å². The van der Waals surface area contributed by atoms with Gasteiger partial charge in [0.1, 0.15) is 10.6 Å². The van der Waals surface area contributed by atoms with Gasteiger partial charge in [0.05, 0.1) is 22.3 Å². The number of carbonyl (C=O) groups excluding carboxylic acids is 1. The van der Waals surface area contributed by atoms with E-state index in [4.69, 9.17) is 21.6 Å². The molecule has 31 heavy (non-hydrogen) atoms. The Morgan fingerprint density at radius 3 is 2.65 bits per heavy atom. The van der Waals surface area contributed by atoms with Crippen LogP contribution in [-0.2, 0) is 21.4 Å². The SMILES string of the molecule is N#Cc1ccc(CN2CCCN(S(=O)(=O)c3cc4c(cc3Cl)NC(=O)CO4)CC2)cc1. The van der Waals surface area contributed by atoms with Crippen LogP contribution >= 0.6 is 11.6 Å². The fourth-order valence-corrected chi connectivity index (χ4v) is 5.69. The first-order chi connectivity index (χ1) is 14.9. The third kappa shape index (κ3) is 4.67. The van der Waals surface area contributed by atoms with Crippen LogP contribution in [0.15, 0.2) is 41.3 Å². The van der Waals surface area contributed by atoms with Crippen molar-refractivity contribution < 1.29 is 17.9 Å². The summed E-state index contributed by atoms with van der Waals surface area (Å²) in [6.07, 6.45) is 0.685. The number of nitriles is 1. The van der Waals surface area contributed by atoms with Crippen LogP contribution in [0.5, 0.6) is 5.75 Å². The number of anilines is 1. The third-order valence-electron chi connectivity index (χ3n) is 5.32. The van der Waals surface area contributed by atoms with Crippen molar-refractivity contribution in [1.29, 1.82) is 5.26 Å². The van der Waals surface area contributed by atoms with Gasteiger partial charge in [-0.3, -0.25) is 9.69 Å². The second kappa shape index (κ2) is 8.85. The van der Waals surface area contributed by atoms with Crippen molar-refractivity contribution in [3.8, 4) is 11.8 Å². The highest BCUT2D eigenvalue weighted by molar-refractivity contribution is 7.89. The summed E-state index contributed by atoms with van der Waals surface area (Å²) in [7, 11) is -3.82. The van der Waals surface area contributed by atoms with Gasteiger partial charge in [0.2, 0.25) is 10.0 Å². The topological polar surface area (TPSA) is 103 Å². The van der Waals surface area contributed by atoms with E-state index in [2.05, 4.69) is 16.3 Å². The molecule has 2 aromatic carbocycles. The number of ether oxygens (including phenoxy) is 1. The predicted octanol–water partition coefficient (Wildman–Crippen LogP) is 2.44. The summed E-state index contributed by atoms with van der Waals surface area (Å²) in [6, 6.07) is 12.3. The van der Waals surface area contributed by atoms with Gasteiger partial charge < -0.3 is 10.1 Å². The van der Waals surface area contributed by atoms with E-state index in [0.29, 0.717) is 49.6 Å². The average Bonchev–Trinajstić information content (AvgIpc) is 2.99. The second-order valence-corrected chi connectivity index (χ2v) is 9.77. The van der Waals surface area contributed by atoms with Gasteiger partial charge in [-0.25, -0.2) is 8.42 Å². The van der Waals surface area contributed by atoms with Gasteiger partial charge in [-0.15, -0.1) is 0 Å². The highest BCUT2D eigenvalue weighted by Crippen LogP contribution is 2.37. The molecule has 0 atom stereocenters. The molecule has 2 heterocycles. The number of rotatable bonds is 4. The smallest absolute Gasteiger partial charge is 0.262 e. The Morgan fingerprint density at radius 2 is 1.90 bits per heavy atom. The summed E-state index contributed by atoms with van der Waals surface area (Å²) >= 11 is 6.27. The molecule has 2 aliphatic heterocycles. The fraction of sp³-hybridized carbons (Fsp3) is 0.333. The van der Waals surface area contributed by atoms with E-state index >= 15 is 0 Å². The molecule has 1 fully saturated rings. The van der Waals surface area contributed by atoms with Gasteiger partial charge in [0.25, 0.3) is 5.91 Å². The van der Waals surface area contributed by atoms with Crippen molar-refractivity contribution >= 4 is 33.2 Å². The van der Waals surface area contributed by atoms with Crippen molar-refractivity contribution in [1.82, 2.24) is 9.21 Å². The van der Waals surface area contributed by atoms with Crippen LogP contribution < -0.4 is 10.1 Å². The number of carbonyl (C=O) groups is 1. The van der Waals surface area contributed by atoms with Crippen molar-refractivity contribution in [2.45, 2.75) is 17.9 Å². The largest absolute Gasteiger partial charge is 0.482 e. The minimum atomic E-state index is -3.82. The minimum Gasteiger partial charge on any atom is -0.482 e. The number of benzene rings is 2. The lowest BCUT2D eigenvalue weighted by atomic mass is 10.1. The molecule has 0 spiro atoms. The predicted molar refractivity (Wildman–Crippen MR) is 115 cm³/mol. The molecule has 0 aromatic heterocycles. The van der Waals surface area contributed by atoms with Crippen LogP contribution in [0.25, 0.3) is 0 Å². The van der Waals surface area contributed by atoms with Gasteiger partial charge in [-0.1, -0.05) is 23.7 Å². The number of sulfonamides is 1. The zero-order valence-corrected chi connectivity index (χ0v) is 18.2. The lowest BCUT2D eigenvalue weighted by Crippen LogP contribution is -2.35. The molecule has 4 rings (SSSR count). The van der Waals surface area contributed by atoms with Gasteiger partial charge >= 0.3 is 0 Å². The highest BCUT2D eigenvalue weighted by atomic mass is 35.5. The standard InChI is InChI=1S/C21H21ClN4O4S/c22-17-10-18-19(30-14-21(27)24-18)11-20(17)31(28,29)26-7-1-6-25(8-9-26)13-16-4-2-15(12-23)3-5-16/h2-5,10-11H,1,6-9,13-14H2,(H,24,27).